The summed E-state index contributed by atoms with van der Waals surface area (Å²) in [5.74, 6) is -0.834. The number of thioether (sulfide) groups is 1. The third-order valence-electron chi connectivity index (χ3n) is 5.81. The van der Waals surface area contributed by atoms with Crippen molar-refractivity contribution in [2.45, 2.75) is 84.9 Å². The van der Waals surface area contributed by atoms with E-state index in [9.17, 15) is 19.2 Å². The van der Waals surface area contributed by atoms with Gasteiger partial charge in [0.25, 0.3) is 0 Å². The van der Waals surface area contributed by atoms with E-state index in [0.29, 0.717) is 30.7 Å². The highest BCUT2D eigenvalue weighted by Gasteiger charge is 2.36. The van der Waals surface area contributed by atoms with Gasteiger partial charge in [0.1, 0.15) is 24.2 Å². The van der Waals surface area contributed by atoms with Gasteiger partial charge in [0.2, 0.25) is 11.8 Å². The fourth-order valence-electron chi connectivity index (χ4n) is 3.88. The van der Waals surface area contributed by atoms with Gasteiger partial charge in [-0.05, 0) is 70.6 Å². The van der Waals surface area contributed by atoms with Crippen molar-refractivity contribution in [1.82, 2.24) is 15.5 Å². The van der Waals surface area contributed by atoms with E-state index in [2.05, 4.69) is 22.3 Å². The zero-order valence-corrected chi connectivity index (χ0v) is 25.0. The molecule has 10 heteroatoms. The van der Waals surface area contributed by atoms with Gasteiger partial charge in [-0.25, -0.2) is 4.79 Å². The second kappa shape index (κ2) is 16.3. The van der Waals surface area contributed by atoms with Crippen LogP contribution in [0.4, 0.5) is 4.79 Å². The molecule has 1 aromatic rings. The summed E-state index contributed by atoms with van der Waals surface area (Å²) in [4.78, 5) is 53.7. The van der Waals surface area contributed by atoms with E-state index >= 15 is 0 Å². The molecule has 2 N–H and O–H groups in total. The lowest BCUT2D eigenvalue weighted by atomic mass is 9.95. The molecule has 0 heterocycles. The SMILES string of the molecule is CCCCCN(C(=O)C(CCSC)NC(=O)OC(C)(C)C)C(C(=O)NCC(=O)OC)c1cc(C)ccc1C. The molecule has 214 valence electrons. The summed E-state index contributed by atoms with van der Waals surface area (Å²) in [7, 11) is 1.25. The summed E-state index contributed by atoms with van der Waals surface area (Å²) < 4.78 is 10.1. The summed E-state index contributed by atoms with van der Waals surface area (Å²) in [6.45, 7) is 11.1. The zero-order valence-electron chi connectivity index (χ0n) is 24.1. The van der Waals surface area contributed by atoms with Gasteiger partial charge in [0, 0.05) is 6.54 Å². The van der Waals surface area contributed by atoms with Crippen molar-refractivity contribution < 1.29 is 28.7 Å². The summed E-state index contributed by atoms with van der Waals surface area (Å²) >= 11 is 1.56. The van der Waals surface area contributed by atoms with Gasteiger partial charge in [0.05, 0.1) is 7.11 Å². The number of rotatable bonds is 14. The molecular formula is C28H45N3O6S. The van der Waals surface area contributed by atoms with Crippen LogP contribution in [-0.2, 0) is 23.9 Å². The molecule has 0 spiro atoms. The second-order valence-corrected chi connectivity index (χ2v) is 11.3. The number of amides is 3. The molecule has 38 heavy (non-hydrogen) atoms. The normalized spacial score (nSPS) is 12.7. The maximum Gasteiger partial charge on any atom is 0.408 e. The predicted octanol–water partition coefficient (Wildman–Crippen LogP) is 4.30. The van der Waals surface area contributed by atoms with E-state index in [1.165, 1.54) is 12.0 Å². The number of hydrogen-bond acceptors (Lipinski definition) is 7. The average Bonchev–Trinajstić information content (AvgIpc) is 2.84. The Kier molecular flexibility index (Phi) is 14.2. The van der Waals surface area contributed by atoms with E-state index in [0.717, 1.165) is 24.0 Å². The Labute approximate surface area is 231 Å². The highest BCUT2D eigenvalue weighted by Crippen LogP contribution is 2.28. The minimum atomic E-state index is -0.999. The van der Waals surface area contributed by atoms with Gasteiger partial charge in [-0.3, -0.25) is 14.4 Å². The molecule has 3 amide bonds. The lowest BCUT2D eigenvalue weighted by Gasteiger charge is -2.35. The molecule has 0 saturated carbocycles. The number of carbonyl (C=O) groups is 4. The van der Waals surface area contributed by atoms with Crippen LogP contribution in [0.25, 0.3) is 0 Å². The first-order chi connectivity index (χ1) is 17.8. The summed E-state index contributed by atoms with van der Waals surface area (Å²) in [6.07, 6.45) is 4.07. The molecule has 0 radical (unpaired) electrons. The number of unbranched alkanes of at least 4 members (excludes halogenated alkanes) is 2. The van der Waals surface area contributed by atoms with E-state index < -0.39 is 35.7 Å². The fraction of sp³-hybridized carbons (Fsp3) is 0.643. The number of esters is 1. The number of nitrogens with zero attached hydrogens (tertiary/aromatic N) is 1. The maximum absolute atomic E-state index is 14.1. The largest absolute Gasteiger partial charge is 0.468 e. The lowest BCUT2D eigenvalue weighted by Crippen LogP contribution is -2.53. The van der Waals surface area contributed by atoms with Crippen LogP contribution in [0.2, 0.25) is 0 Å². The number of benzene rings is 1. The Morgan fingerprint density at radius 1 is 1.11 bits per heavy atom. The smallest absolute Gasteiger partial charge is 0.408 e. The van der Waals surface area contributed by atoms with Gasteiger partial charge in [-0.15, -0.1) is 0 Å². The molecule has 0 saturated heterocycles. The topological polar surface area (TPSA) is 114 Å². The molecule has 0 aromatic heterocycles. The van der Waals surface area contributed by atoms with E-state index in [-0.39, 0.29) is 12.5 Å². The highest BCUT2D eigenvalue weighted by atomic mass is 32.2. The Morgan fingerprint density at radius 2 is 1.79 bits per heavy atom. The zero-order chi connectivity index (χ0) is 28.9. The average molecular weight is 552 g/mol. The number of nitrogens with one attached hydrogen (secondary N) is 2. The maximum atomic E-state index is 14.1. The van der Waals surface area contributed by atoms with E-state index in [1.807, 2.05) is 38.3 Å². The molecule has 0 aliphatic carbocycles. The monoisotopic (exact) mass is 551 g/mol. The van der Waals surface area contributed by atoms with Crippen LogP contribution in [0.15, 0.2) is 18.2 Å². The number of alkyl carbamates (subject to hydrolysis) is 1. The molecule has 1 aromatic carbocycles. The lowest BCUT2D eigenvalue weighted by molar-refractivity contribution is -0.144. The van der Waals surface area contributed by atoms with Crippen LogP contribution < -0.4 is 10.6 Å². The number of ether oxygens (including phenoxy) is 2. The van der Waals surface area contributed by atoms with Gasteiger partial charge in [0.15, 0.2) is 0 Å². The van der Waals surface area contributed by atoms with Gasteiger partial charge in [-0.1, -0.05) is 43.5 Å². The predicted molar refractivity (Wildman–Crippen MR) is 151 cm³/mol. The summed E-state index contributed by atoms with van der Waals surface area (Å²) in [5, 5.41) is 5.37. The third kappa shape index (κ3) is 11.3. The third-order valence-corrected chi connectivity index (χ3v) is 6.45. The van der Waals surface area contributed by atoms with Crippen molar-refractivity contribution in [2.75, 3.05) is 32.2 Å². The molecule has 2 atom stereocenters. The van der Waals surface area contributed by atoms with Crippen molar-refractivity contribution in [1.29, 1.82) is 0 Å². The summed E-state index contributed by atoms with van der Waals surface area (Å²) in [5.41, 5.74) is 1.71. The fourth-order valence-corrected chi connectivity index (χ4v) is 4.35. The van der Waals surface area contributed by atoms with E-state index in [1.54, 1.807) is 32.5 Å². The number of methoxy groups -OCH3 is 1. The Bertz CT molecular complexity index is 947. The van der Waals surface area contributed by atoms with Gasteiger partial charge in [-0.2, -0.15) is 11.8 Å². The first-order valence-corrected chi connectivity index (χ1v) is 14.4. The quantitative estimate of drug-likeness (QED) is 0.262. The van der Waals surface area contributed by atoms with Crippen molar-refractivity contribution in [3.63, 3.8) is 0 Å². The molecular weight excluding hydrogens is 506 g/mol. The molecule has 0 aliphatic heterocycles. The molecule has 1 rings (SSSR count). The standard InChI is InChI=1S/C28H45N3O6S/c1-9-10-11-15-31(26(34)22(14-16-38-8)30-27(35)37-28(4,5)6)24(25(33)29-18-23(32)36-7)21-17-19(2)12-13-20(21)3/h12-13,17,22,24H,9-11,14-16,18H2,1-8H3,(H,29,33)(H,30,35). The Hall–Kier alpha value is -2.75. The first-order valence-electron chi connectivity index (χ1n) is 13.0. The Morgan fingerprint density at radius 3 is 2.37 bits per heavy atom. The molecule has 9 nitrogen and oxygen atoms in total. The first kappa shape index (κ1) is 33.3. The van der Waals surface area contributed by atoms with Crippen molar-refractivity contribution in [3.05, 3.63) is 34.9 Å². The number of aryl methyl sites for hydroxylation is 2. The van der Waals surface area contributed by atoms with E-state index in [4.69, 9.17) is 4.74 Å². The van der Waals surface area contributed by atoms with Crippen molar-refractivity contribution in [2.24, 2.45) is 0 Å². The second-order valence-electron chi connectivity index (χ2n) is 10.3. The molecule has 0 fully saturated rings. The van der Waals surface area contributed by atoms with Crippen molar-refractivity contribution >= 4 is 35.6 Å². The minimum Gasteiger partial charge on any atom is -0.468 e. The van der Waals surface area contributed by atoms with Crippen LogP contribution >= 0.6 is 11.8 Å². The van der Waals surface area contributed by atoms with Crippen LogP contribution in [-0.4, -0.2) is 72.6 Å². The van der Waals surface area contributed by atoms with Crippen LogP contribution in [0.3, 0.4) is 0 Å². The van der Waals surface area contributed by atoms with Gasteiger partial charge >= 0.3 is 12.1 Å². The van der Waals surface area contributed by atoms with Crippen molar-refractivity contribution in [3.8, 4) is 0 Å². The molecule has 0 aliphatic rings. The van der Waals surface area contributed by atoms with Crippen LogP contribution in [0, 0.1) is 13.8 Å². The number of carbonyl (C=O) groups excluding carboxylic acids is 4. The molecule has 0 bridgehead atoms. The minimum absolute atomic E-state index is 0.308. The number of hydrogen-bond donors (Lipinski definition) is 2. The summed E-state index contributed by atoms with van der Waals surface area (Å²) in [6, 6.07) is 3.85. The highest BCUT2D eigenvalue weighted by molar-refractivity contribution is 7.98. The van der Waals surface area contributed by atoms with Gasteiger partial charge < -0.3 is 25.0 Å². The Balaban J connectivity index is 3.54. The van der Waals surface area contributed by atoms with Crippen LogP contribution in [0.5, 0.6) is 0 Å². The van der Waals surface area contributed by atoms with Crippen LogP contribution in [0.1, 0.15) is 76.1 Å². The molecule has 2 unspecified atom stereocenters.